The standard InChI is InChI=1S/C14H19N3O4S/c1-11(19)16-5-7-17(8-6-16)14-4-3-12(22(2,20)21)9-13(14)15-10-18/h3-4,9-10H,5-8H2,1-2H3,(H,15,18). The lowest BCUT2D eigenvalue weighted by Gasteiger charge is -2.36. The van der Waals surface area contributed by atoms with E-state index in [1.807, 2.05) is 4.90 Å². The molecule has 0 spiro atoms. The van der Waals surface area contributed by atoms with Gasteiger partial charge in [0.2, 0.25) is 12.3 Å². The molecule has 1 aromatic carbocycles. The Labute approximate surface area is 129 Å². The molecule has 0 aliphatic carbocycles. The third-order valence-electron chi connectivity index (χ3n) is 3.68. The van der Waals surface area contributed by atoms with E-state index in [9.17, 15) is 18.0 Å². The zero-order valence-corrected chi connectivity index (χ0v) is 13.4. The van der Waals surface area contributed by atoms with Crippen molar-refractivity contribution in [3.05, 3.63) is 18.2 Å². The van der Waals surface area contributed by atoms with Crippen LogP contribution in [0.1, 0.15) is 6.92 Å². The number of rotatable bonds is 4. The summed E-state index contributed by atoms with van der Waals surface area (Å²) >= 11 is 0. The van der Waals surface area contributed by atoms with Gasteiger partial charge in [-0.05, 0) is 18.2 Å². The summed E-state index contributed by atoms with van der Waals surface area (Å²) < 4.78 is 23.2. The summed E-state index contributed by atoms with van der Waals surface area (Å²) in [4.78, 5) is 26.1. The molecule has 1 aliphatic heterocycles. The molecule has 1 saturated heterocycles. The van der Waals surface area contributed by atoms with Crippen molar-refractivity contribution < 1.29 is 18.0 Å². The second-order valence-electron chi connectivity index (χ2n) is 5.21. The summed E-state index contributed by atoms with van der Waals surface area (Å²) in [5.74, 6) is 0.0401. The molecule has 1 N–H and O–H groups in total. The van der Waals surface area contributed by atoms with Gasteiger partial charge in [0.1, 0.15) is 0 Å². The zero-order valence-electron chi connectivity index (χ0n) is 12.6. The minimum atomic E-state index is -3.34. The molecule has 0 saturated carbocycles. The number of benzene rings is 1. The summed E-state index contributed by atoms with van der Waals surface area (Å²) in [6.45, 7) is 4.00. The molecule has 8 heteroatoms. The van der Waals surface area contributed by atoms with Gasteiger partial charge in [-0.3, -0.25) is 9.59 Å². The van der Waals surface area contributed by atoms with E-state index in [4.69, 9.17) is 0 Å². The number of amides is 2. The zero-order chi connectivity index (χ0) is 16.3. The molecule has 0 radical (unpaired) electrons. The van der Waals surface area contributed by atoms with Crippen LogP contribution in [0.15, 0.2) is 23.1 Å². The highest BCUT2D eigenvalue weighted by Crippen LogP contribution is 2.29. The lowest BCUT2D eigenvalue weighted by Crippen LogP contribution is -2.48. The van der Waals surface area contributed by atoms with Crippen molar-refractivity contribution in [2.75, 3.05) is 42.7 Å². The fourth-order valence-corrected chi connectivity index (χ4v) is 3.11. The van der Waals surface area contributed by atoms with Crippen LogP contribution in [-0.2, 0) is 19.4 Å². The second kappa shape index (κ2) is 6.35. The van der Waals surface area contributed by atoms with Crippen molar-refractivity contribution in [2.24, 2.45) is 0 Å². The Morgan fingerprint density at radius 1 is 1.23 bits per heavy atom. The van der Waals surface area contributed by atoms with Gasteiger partial charge in [-0.15, -0.1) is 0 Å². The van der Waals surface area contributed by atoms with Crippen LogP contribution < -0.4 is 10.2 Å². The van der Waals surface area contributed by atoms with Gasteiger partial charge in [0.25, 0.3) is 0 Å². The van der Waals surface area contributed by atoms with Crippen molar-refractivity contribution in [1.29, 1.82) is 0 Å². The number of piperazine rings is 1. The van der Waals surface area contributed by atoms with Crippen LogP contribution in [0.3, 0.4) is 0 Å². The Morgan fingerprint density at radius 3 is 2.36 bits per heavy atom. The highest BCUT2D eigenvalue weighted by Gasteiger charge is 2.21. The van der Waals surface area contributed by atoms with Crippen LogP contribution >= 0.6 is 0 Å². The van der Waals surface area contributed by atoms with Gasteiger partial charge in [0, 0.05) is 39.4 Å². The molecule has 22 heavy (non-hydrogen) atoms. The predicted octanol–water partition coefficient (Wildman–Crippen LogP) is 0.327. The maximum absolute atomic E-state index is 11.6. The van der Waals surface area contributed by atoms with Crippen molar-refractivity contribution >= 4 is 33.5 Å². The molecule has 1 aromatic rings. The molecule has 0 aromatic heterocycles. The van der Waals surface area contributed by atoms with E-state index < -0.39 is 9.84 Å². The summed E-state index contributed by atoms with van der Waals surface area (Å²) in [6, 6.07) is 4.67. The Kier molecular flexibility index (Phi) is 4.70. The van der Waals surface area contributed by atoms with E-state index >= 15 is 0 Å². The van der Waals surface area contributed by atoms with Crippen LogP contribution in [0.25, 0.3) is 0 Å². The summed E-state index contributed by atoms with van der Waals surface area (Å²) in [5, 5.41) is 2.55. The highest BCUT2D eigenvalue weighted by molar-refractivity contribution is 7.90. The molecule has 120 valence electrons. The first-order chi connectivity index (χ1) is 10.3. The number of carbonyl (C=O) groups excluding carboxylic acids is 2. The molecule has 2 amide bonds. The Bertz CT molecular complexity index is 679. The van der Waals surface area contributed by atoms with Crippen molar-refractivity contribution in [2.45, 2.75) is 11.8 Å². The molecular formula is C14H19N3O4S. The number of carbonyl (C=O) groups is 2. The Hall–Kier alpha value is -2.09. The molecule has 0 bridgehead atoms. The van der Waals surface area contributed by atoms with Gasteiger partial charge in [0.15, 0.2) is 9.84 Å². The van der Waals surface area contributed by atoms with E-state index in [1.54, 1.807) is 11.0 Å². The van der Waals surface area contributed by atoms with Gasteiger partial charge < -0.3 is 15.1 Å². The normalized spacial score (nSPS) is 15.5. The lowest BCUT2D eigenvalue weighted by molar-refractivity contribution is -0.129. The molecule has 7 nitrogen and oxygen atoms in total. The number of sulfone groups is 1. The molecule has 0 atom stereocenters. The SMILES string of the molecule is CC(=O)N1CCN(c2ccc(S(C)(=O)=O)cc2NC=O)CC1. The second-order valence-corrected chi connectivity index (χ2v) is 7.22. The number of hydrogen-bond donors (Lipinski definition) is 1. The third kappa shape index (κ3) is 3.56. The van der Waals surface area contributed by atoms with Crippen molar-refractivity contribution in [3.63, 3.8) is 0 Å². The first kappa shape index (κ1) is 16.3. The minimum absolute atomic E-state index is 0.0401. The van der Waals surface area contributed by atoms with Gasteiger partial charge >= 0.3 is 0 Å². The monoisotopic (exact) mass is 325 g/mol. The van der Waals surface area contributed by atoms with Crippen LogP contribution in [0.5, 0.6) is 0 Å². The summed E-state index contributed by atoms with van der Waals surface area (Å²) in [5.41, 5.74) is 1.21. The van der Waals surface area contributed by atoms with Crippen molar-refractivity contribution in [1.82, 2.24) is 4.90 Å². The molecule has 2 rings (SSSR count). The van der Waals surface area contributed by atoms with Gasteiger partial charge in [-0.1, -0.05) is 0 Å². The van der Waals surface area contributed by atoms with Gasteiger partial charge in [-0.25, -0.2) is 8.42 Å². The molecule has 1 aliphatic rings. The largest absolute Gasteiger partial charge is 0.366 e. The van der Waals surface area contributed by atoms with E-state index in [0.717, 1.165) is 11.9 Å². The van der Waals surface area contributed by atoms with Crippen LogP contribution in [0, 0.1) is 0 Å². The number of hydrogen-bond acceptors (Lipinski definition) is 5. The predicted molar refractivity (Wildman–Crippen MR) is 83.7 cm³/mol. The van der Waals surface area contributed by atoms with Gasteiger partial charge in [-0.2, -0.15) is 0 Å². The first-order valence-corrected chi connectivity index (χ1v) is 8.77. The lowest BCUT2D eigenvalue weighted by atomic mass is 10.2. The van der Waals surface area contributed by atoms with Gasteiger partial charge in [0.05, 0.1) is 16.3 Å². The first-order valence-electron chi connectivity index (χ1n) is 6.87. The maximum atomic E-state index is 11.6. The maximum Gasteiger partial charge on any atom is 0.219 e. The molecule has 1 heterocycles. The number of anilines is 2. The molecule has 0 unspecified atom stereocenters. The Morgan fingerprint density at radius 2 is 1.86 bits per heavy atom. The van der Waals surface area contributed by atoms with E-state index in [-0.39, 0.29) is 10.8 Å². The molecule has 1 fully saturated rings. The van der Waals surface area contributed by atoms with Crippen molar-refractivity contribution in [3.8, 4) is 0 Å². The topological polar surface area (TPSA) is 86.8 Å². The average molecular weight is 325 g/mol. The number of nitrogens with zero attached hydrogens (tertiary/aromatic N) is 2. The molecular weight excluding hydrogens is 306 g/mol. The Balaban J connectivity index is 2.27. The van der Waals surface area contributed by atoms with Crippen LogP contribution in [-0.4, -0.2) is 58.1 Å². The smallest absolute Gasteiger partial charge is 0.219 e. The third-order valence-corrected chi connectivity index (χ3v) is 4.79. The van der Waals surface area contributed by atoms with E-state index in [2.05, 4.69) is 5.32 Å². The highest BCUT2D eigenvalue weighted by atomic mass is 32.2. The van der Waals surface area contributed by atoms with E-state index in [1.165, 1.54) is 19.1 Å². The van der Waals surface area contributed by atoms with E-state index in [0.29, 0.717) is 38.3 Å². The van der Waals surface area contributed by atoms with Crippen LogP contribution in [0.2, 0.25) is 0 Å². The number of nitrogens with one attached hydrogen (secondary N) is 1. The van der Waals surface area contributed by atoms with Crippen LogP contribution in [0.4, 0.5) is 11.4 Å². The average Bonchev–Trinajstić information content (AvgIpc) is 2.47. The minimum Gasteiger partial charge on any atom is -0.366 e. The summed E-state index contributed by atoms with van der Waals surface area (Å²) in [7, 11) is -3.34. The summed E-state index contributed by atoms with van der Waals surface area (Å²) in [6.07, 6.45) is 1.65. The fourth-order valence-electron chi connectivity index (χ4n) is 2.46. The quantitative estimate of drug-likeness (QED) is 0.806. The fraction of sp³-hybridized carbons (Fsp3) is 0.429.